The Labute approximate surface area is 154 Å². The normalized spacial score (nSPS) is 10.3. The molecule has 0 heterocycles. The lowest BCUT2D eigenvalue weighted by atomic mass is 10.3. The predicted molar refractivity (Wildman–Crippen MR) is 96.0 cm³/mol. The maximum absolute atomic E-state index is 11.6. The third-order valence-corrected chi connectivity index (χ3v) is 3.04. The summed E-state index contributed by atoms with van der Waals surface area (Å²) in [6.45, 7) is 5.88. The van der Waals surface area contributed by atoms with Gasteiger partial charge in [0.2, 0.25) is 5.91 Å². The summed E-state index contributed by atoms with van der Waals surface area (Å²) in [4.78, 5) is 34.3. The smallest absolute Gasteiger partial charge is 0.407 e. The van der Waals surface area contributed by atoms with Crippen molar-refractivity contribution in [3.8, 4) is 0 Å². The van der Waals surface area contributed by atoms with Gasteiger partial charge in [-0.2, -0.15) is 0 Å². The SMILES string of the molecule is CCNC(=O)OCC(COC(=O)NCC)OCCCC(=O)NCCNC. The van der Waals surface area contributed by atoms with Crippen LogP contribution in [0.3, 0.4) is 0 Å². The van der Waals surface area contributed by atoms with Crippen LogP contribution in [-0.2, 0) is 19.0 Å². The zero-order valence-corrected chi connectivity index (χ0v) is 15.9. The monoisotopic (exact) mass is 376 g/mol. The topological polar surface area (TPSA) is 127 Å². The minimum absolute atomic E-state index is 0.0559. The Morgan fingerprint density at radius 1 is 0.885 bits per heavy atom. The van der Waals surface area contributed by atoms with Gasteiger partial charge in [-0.05, 0) is 27.3 Å². The molecule has 4 N–H and O–H groups in total. The predicted octanol–water partition coefficient (Wildman–Crippen LogP) is -0.0204. The van der Waals surface area contributed by atoms with Gasteiger partial charge in [0.05, 0.1) is 0 Å². The Morgan fingerprint density at radius 3 is 1.96 bits per heavy atom. The van der Waals surface area contributed by atoms with E-state index in [1.54, 1.807) is 13.8 Å². The molecule has 0 aromatic carbocycles. The summed E-state index contributed by atoms with van der Waals surface area (Å²) in [5, 5.41) is 10.7. The maximum atomic E-state index is 11.6. The highest BCUT2D eigenvalue weighted by molar-refractivity contribution is 5.75. The van der Waals surface area contributed by atoms with E-state index in [9.17, 15) is 14.4 Å². The van der Waals surface area contributed by atoms with Crippen LogP contribution in [0.5, 0.6) is 0 Å². The molecule has 3 amide bonds. The van der Waals surface area contributed by atoms with Gasteiger partial charge >= 0.3 is 12.2 Å². The van der Waals surface area contributed by atoms with Crippen molar-refractivity contribution in [2.24, 2.45) is 0 Å². The van der Waals surface area contributed by atoms with Crippen LogP contribution in [0.25, 0.3) is 0 Å². The number of alkyl carbamates (subject to hydrolysis) is 2. The molecule has 0 aliphatic heterocycles. The third kappa shape index (κ3) is 14.3. The van der Waals surface area contributed by atoms with Crippen molar-refractivity contribution < 1.29 is 28.6 Å². The van der Waals surface area contributed by atoms with Crippen LogP contribution in [0, 0.1) is 0 Å². The molecule has 0 bridgehead atoms. The van der Waals surface area contributed by atoms with E-state index in [1.165, 1.54) is 0 Å². The minimum atomic E-state index is -0.604. The molecule has 0 saturated carbocycles. The molecular weight excluding hydrogens is 344 g/mol. The number of hydrogen-bond donors (Lipinski definition) is 4. The molecule has 152 valence electrons. The Morgan fingerprint density at radius 2 is 1.46 bits per heavy atom. The summed E-state index contributed by atoms with van der Waals surface area (Å²) in [5.74, 6) is -0.0578. The van der Waals surface area contributed by atoms with E-state index < -0.39 is 18.3 Å². The summed E-state index contributed by atoms with van der Waals surface area (Å²) >= 11 is 0. The highest BCUT2D eigenvalue weighted by atomic mass is 16.6. The van der Waals surface area contributed by atoms with Gasteiger partial charge in [-0.1, -0.05) is 0 Å². The molecule has 0 aromatic rings. The first-order valence-corrected chi connectivity index (χ1v) is 8.87. The van der Waals surface area contributed by atoms with Gasteiger partial charge < -0.3 is 35.5 Å². The standard InChI is InChI=1S/C16H32N4O6/c1-4-18-15(22)25-11-13(12-26-16(23)19-5-2)24-10-6-7-14(21)20-9-8-17-3/h13,17H,4-12H2,1-3H3,(H,18,22)(H,19,23)(H,20,21). The summed E-state index contributed by atoms with van der Waals surface area (Å²) in [7, 11) is 1.81. The van der Waals surface area contributed by atoms with E-state index in [0.717, 1.165) is 0 Å². The molecule has 0 atom stereocenters. The van der Waals surface area contributed by atoms with E-state index in [0.29, 0.717) is 39.0 Å². The van der Waals surface area contributed by atoms with Crippen LogP contribution in [0.1, 0.15) is 26.7 Å². The number of rotatable bonds is 14. The van der Waals surface area contributed by atoms with Crippen LogP contribution >= 0.6 is 0 Å². The first kappa shape index (κ1) is 23.9. The fraction of sp³-hybridized carbons (Fsp3) is 0.812. The van der Waals surface area contributed by atoms with Gasteiger partial charge in [-0.15, -0.1) is 0 Å². The number of nitrogens with one attached hydrogen (secondary N) is 4. The largest absolute Gasteiger partial charge is 0.447 e. The van der Waals surface area contributed by atoms with E-state index >= 15 is 0 Å². The second-order valence-corrected chi connectivity index (χ2v) is 5.31. The van der Waals surface area contributed by atoms with Gasteiger partial charge in [-0.3, -0.25) is 4.79 Å². The van der Waals surface area contributed by atoms with Crippen LogP contribution in [-0.4, -0.2) is 77.2 Å². The average Bonchev–Trinajstić information content (AvgIpc) is 2.61. The second-order valence-electron chi connectivity index (χ2n) is 5.31. The number of amides is 3. The molecule has 10 heteroatoms. The van der Waals surface area contributed by atoms with Crippen LogP contribution in [0.15, 0.2) is 0 Å². The molecule has 0 rings (SSSR count). The number of hydrogen-bond acceptors (Lipinski definition) is 7. The number of likely N-dealkylation sites (N-methyl/N-ethyl adjacent to an activating group) is 1. The lowest BCUT2D eigenvalue weighted by Gasteiger charge is -2.18. The average molecular weight is 376 g/mol. The van der Waals surface area contributed by atoms with E-state index in [2.05, 4.69) is 21.3 Å². The lowest BCUT2D eigenvalue weighted by Crippen LogP contribution is -2.34. The number of ether oxygens (including phenoxy) is 3. The van der Waals surface area contributed by atoms with Gasteiger partial charge in [0, 0.05) is 39.2 Å². The second kappa shape index (κ2) is 16.4. The molecule has 0 unspecified atom stereocenters. The Bertz CT molecular complexity index is 386. The molecule has 0 radical (unpaired) electrons. The minimum Gasteiger partial charge on any atom is -0.447 e. The fourth-order valence-electron chi connectivity index (χ4n) is 1.77. The first-order chi connectivity index (χ1) is 12.5. The number of carbonyl (C=O) groups is 3. The Kier molecular flexibility index (Phi) is 15.1. The van der Waals surface area contributed by atoms with Gasteiger partial charge in [0.15, 0.2) is 0 Å². The lowest BCUT2D eigenvalue weighted by molar-refractivity contribution is -0.121. The van der Waals surface area contributed by atoms with Crippen molar-refractivity contribution in [3.63, 3.8) is 0 Å². The molecule has 0 aliphatic rings. The van der Waals surface area contributed by atoms with Crippen LogP contribution in [0.4, 0.5) is 9.59 Å². The Balaban J connectivity index is 4.14. The quantitative estimate of drug-likeness (QED) is 0.314. The van der Waals surface area contributed by atoms with Gasteiger partial charge in [0.1, 0.15) is 19.3 Å². The van der Waals surface area contributed by atoms with Gasteiger partial charge in [-0.25, -0.2) is 9.59 Å². The molecule has 10 nitrogen and oxygen atoms in total. The summed E-state index contributed by atoms with van der Waals surface area (Å²) in [5.41, 5.74) is 0. The van der Waals surface area contributed by atoms with E-state index in [4.69, 9.17) is 14.2 Å². The highest BCUT2D eigenvalue weighted by Gasteiger charge is 2.15. The van der Waals surface area contributed by atoms with Crippen molar-refractivity contribution in [1.82, 2.24) is 21.3 Å². The van der Waals surface area contributed by atoms with E-state index in [-0.39, 0.29) is 25.7 Å². The van der Waals surface area contributed by atoms with Crippen molar-refractivity contribution in [2.75, 3.05) is 53.0 Å². The zero-order chi connectivity index (χ0) is 19.6. The molecule has 0 fully saturated rings. The van der Waals surface area contributed by atoms with Crippen molar-refractivity contribution >= 4 is 18.1 Å². The first-order valence-electron chi connectivity index (χ1n) is 8.87. The molecule has 0 spiro atoms. The van der Waals surface area contributed by atoms with E-state index in [1.807, 2.05) is 7.05 Å². The number of carbonyl (C=O) groups excluding carboxylic acids is 3. The zero-order valence-electron chi connectivity index (χ0n) is 15.9. The van der Waals surface area contributed by atoms with Crippen molar-refractivity contribution in [2.45, 2.75) is 32.8 Å². The maximum Gasteiger partial charge on any atom is 0.407 e. The molecular formula is C16H32N4O6. The highest BCUT2D eigenvalue weighted by Crippen LogP contribution is 2.00. The van der Waals surface area contributed by atoms with Crippen molar-refractivity contribution in [1.29, 1.82) is 0 Å². The molecule has 0 aliphatic carbocycles. The summed E-state index contributed by atoms with van der Waals surface area (Å²) in [6, 6.07) is 0. The van der Waals surface area contributed by atoms with Crippen LogP contribution < -0.4 is 21.3 Å². The molecule has 0 saturated heterocycles. The fourth-order valence-corrected chi connectivity index (χ4v) is 1.77. The Hall–Kier alpha value is -2.07. The van der Waals surface area contributed by atoms with Crippen LogP contribution in [0.2, 0.25) is 0 Å². The van der Waals surface area contributed by atoms with Crippen molar-refractivity contribution in [3.05, 3.63) is 0 Å². The third-order valence-electron chi connectivity index (χ3n) is 3.04. The van der Waals surface area contributed by atoms with Gasteiger partial charge in [0.25, 0.3) is 0 Å². The summed E-state index contributed by atoms with van der Waals surface area (Å²) < 4.78 is 15.6. The molecule has 0 aromatic heterocycles. The molecule has 26 heavy (non-hydrogen) atoms. The summed E-state index contributed by atoms with van der Waals surface area (Å²) in [6.07, 6.45) is -0.909.